The van der Waals surface area contributed by atoms with Gasteiger partial charge in [-0.25, -0.2) is 0 Å². The quantitative estimate of drug-likeness (QED) is 0.480. The molecule has 1 aromatic carbocycles. The lowest BCUT2D eigenvalue weighted by atomic mass is 10.2. The van der Waals surface area contributed by atoms with Crippen molar-refractivity contribution >= 4 is 22.9 Å². The average Bonchev–Trinajstić information content (AvgIpc) is 2.74. The molecule has 2 rings (SSSR count). The van der Waals surface area contributed by atoms with E-state index in [2.05, 4.69) is 4.98 Å². The Kier molecular flexibility index (Phi) is 3.77. The first-order valence-corrected chi connectivity index (χ1v) is 4.93. The van der Waals surface area contributed by atoms with Crippen molar-refractivity contribution in [1.82, 2.24) is 4.98 Å². The van der Waals surface area contributed by atoms with Crippen LogP contribution in [0.4, 0.5) is 5.69 Å². The summed E-state index contributed by atoms with van der Waals surface area (Å²) >= 11 is 0. The summed E-state index contributed by atoms with van der Waals surface area (Å²) in [5.41, 5.74) is 0.805. The minimum atomic E-state index is -0.479. The summed E-state index contributed by atoms with van der Waals surface area (Å²) in [6.07, 6.45) is 2.13. The van der Waals surface area contributed by atoms with Crippen molar-refractivity contribution in [2.75, 3.05) is 0 Å². The van der Waals surface area contributed by atoms with Crippen LogP contribution >= 0.6 is 0 Å². The van der Waals surface area contributed by atoms with E-state index in [1.165, 1.54) is 12.3 Å². The molecule has 0 fully saturated rings. The molecule has 5 nitrogen and oxygen atoms in total. The molecular weight excluding hydrogens is 208 g/mol. The molecule has 2 aromatic rings. The van der Waals surface area contributed by atoms with Gasteiger partial charge in [0.2, 0.25) is 0 Å². The summed E-state index contributed by atoms with van der Waals surface area (Å²) in [5, 5.41) is 11.2. The van der Waals surface area contributed by atoms with E-state index in [4.69, 9.17) is 0 Å². The van der Waals surface area contributed by atoms with Crippen LogP contribution in [0.3, 0.4) is 0 Å². The van der Waals surface area contributed by atoms with E-state index in [0.29, 0.717) is 22.8 Å². The number of hydrogen-bond acceptors (Lipinski definition) is 3. The SMILES string of the molecule is CC.O=Cc1c[nH]c2c([N+](=O)[O-])cccc12. The zero-order valence-corrected chi connectivity index (χ0v) is 9.06. The zero-order chi connectivity index (χ0) is 12.1. The molecule has 0 saturated carbocycles. The van der Waals surface area contributed by atoms with Crippen LogP contribution in [0, 0.1) is 10.1 Å². The van der Waals surface area contributed by atoms with Crippen molar-refractivity contribution in [3.05, 3.63) is 40.1 Å². The topological polar surface area (TPSA) is 76.0 Å². The van der Waals surface area contributed by atoms with Crippen molar-refractivity contribution < 1.29 is 9.72 Å². The Morgan fingerprint density at radius 2 is 2.06 bits per heavy atom. The molecule has 0 amide bonds. The van der Waals surface area contributed by atoms with E-state index in [0.717, 1.165) is 0 Å². The smallest absolute Gasteiger partial charge is 0.293 e. The zero-order valence-electron chi connectivity index (χ0n) is 9.06. The van der Waals surface area contributed by atoms with Crippen LogP contribution in [0.5, 0.6) is 0 Å². The second kappa shape index (κ2) is 5.06. The van der Waals surface area contributed by atoms with Crippen molar-refractivity contribution in [2.24, 2.45) is 0 Å². The van der Waals surface area contributed by atoms with E-state index < -0.39 is 4.92 Å². The van der Waals surface area contributed by atoms with Gasteiger partial charge in [0.1, 0.15) is 5.52 Å². The third kappa shape index (κ3) is 1.93. The van der Waals surface area contributed by atoms with Gasteiger partial charge in [-0.1, -0.05) is 26.0 Å². The number of H-pyrrole nitrogens is 1. The first-order valence-electron chi connectivity index (χ1n) is 4.93. The van der Waals surface area contributed by atoms with E-state index in [9.17, 15) is 14.9 Å². The van der Waals surface area contributed by atoms with Crippen LogP contribution in [0.1, 0.15) is 24.2 Å². The standard InChI is InChI=1S/C9H6N2O3.C2H6/c12-5-6-4-10-9-7(6)2-1-3-8(9)11(13)14;1-2/h1-5,10H;1-2H3. The van der Waals surface area contributed by atoms with Gasteiger partial charge in [-0.3, -0.25) is 14.9 Å². The number of hydrogen-bond donors (Lipinski definition) is 1. The second-order valence-electron chi connectivity index (χ2n) is 2.82. The van der Waals surface area contributed by atoms with Crippen LogP contribution in [-0.4, -0.2) is 16.2 Å². The number of carbonyl (C=O) groups excluding carboxylic acids is 1. The van der Waals surface area contributed by atoms with E-state index >= 15 is 0 Å². The Bertz CT molecular complexity index is 517. The summed E-state index contributed by atoms with van der Waals surface area (Å²) in [4.78, 5) is 23.4. The highest BCUT2D eigenvalue weighted by Crippen LogP contribution is 2.25. The maximum Gasteiger partial charge on any atom is 0.293 e. The van der Waals surface area contributed by atoms with Gasteiger partial charge in [-0.05, 0) is 0 Å². The number of para-hydroxylation sites is 1. The molecule has 0 bridgehead atoms. The molecule has 0 radical (unpaired) electrons. The third-order valence-corrected chi connectivity index (χ3v) is 2.05. The fourth-order valence-corrected chi connectivity index (χ4v) is 1.41. The summed E-state index contributed by atoms with van der Waals surface area (Å²) < 4.78 is 0. The highest BCUT2D eigenvalue weighted by atomic mass is 16.6. The molecule has 0 aliphatic carbocycles. The van der Waals surface area contributed by atoms with Crippen molar-refractivity contribution in [3.63, 3.8) is 0 Å². The Morgan fingerprint density at radius 3 is 2.62 bits per heavy atom. The molecule has 84 valence electrons. The van der Waals surface area contributed by atoms with Crippen LogP contribution in [0.2, 0.25) is 0 Å². The van der Waals surface area contributed by atoms with Crippen LogP contribution in [0.25, 0.3) is 10.9 Å². The number of nitro benzene ring substituents is 1. The number of fused-ring (bicyclic) bond motifs is 1. The molecule has 0 atom stereocenters. The minimum Gasteiger partial charge on any atom is -0.355 e. The summed E-state index contributed by atoms with van der Waals surface area (Å²) in [5.74, 6) is 0. The minimum absolute atomic E-state index is 0.0180. The number of aromatic nitrogens is 1. The highest BCUT2D eigenvalue weighted by Gasteiger charge is 2.14. The molecular formula is C11H12N2O3. The third-order valence-electron chi connectivity index (χ3n) is 2.05. The van der Waals surface area contributed by atoms with E-state index in [1.807, 2.05) is 13.8 Å². The van der Waals surface area contributed by atoms with E-state index in [1.54, 1.807) is 12.1 Å². The molecule has 5 heteroatoms. The van der Waals surface area contributed by atoms with Gasteiger partial charge in [-0.2, -0.15) is 0 Å². The average molecular weight is 220 g/mol. The van der Waals surface area contributed by atoms with Crippen LogP contribution < -0.4 is 0 Å². The molecule has 0 aliphatic rings. The van der Waals surface area contributed by atoms with Gasteiger partial charge >= 0.3 is 0 Å². The number of aromatic amines is 1. The Hall–Kier alpha value is -2.17. The number of aldehydes is 1. The molecule has 16 heavy (non-hydrogen) atoms. The summed E-state index contributed by atoms with van der Waals surface area (Å²) in [6.45, 7) is 4.00. The van der Waals surface area contributed by atoms with Crippen molar-refractivity contribution in [3.8, 4) is 0 Å². The second-order valence-corrected chi connectivity index (χ2v) is 2.82. The summed E-state index contributed by atoms with van der Waals surface area (Å²) in [7, 11) is 0. The fourth-order valence-electron chi connectivity index (χ4n) is 1.41. The number of non-ortho nitro benzene ring substituents is 1. The van der Waals surface area contributed by atoms with Crippen molar-refractivity contribution in [2.45, 2.75) is 13.8 Å². The molecule has 1 aromatic heterocycles. The maximum atomic E-state index is 10.6. The predicted octanol–water partition coefficient (Wildman–Crippen LogP) is 2.91. The van der Waals surface area contributed by atoms with Gasteiger partial charge in [0.15, 0.2) is 6.29 Å². The number of benzene rings is 1. The van der Waals surface area contributed by atoms with Gasteiger partial charge < -0.3 is 4.98 Å². The molecule has 0 unspecified atom stereocenters. The number of nitrogens with zero attached hydrogens (tertiary/aromatic N) is 1. The van der Waals surface area contributed by atoms with Gasteiger partial charge in [0.25, 0.3) is 5.69 Å². The molecule has 1 N–H and O–H groups in total. The Labute approximate surface area is 92.2 Å². The lowest BCUT2D eigenvalue weighted by Crippen LogP contribution is -1.88. The number of rotatable bonds is 2. The lowest BCUT2D eigenvalue weighted by Gasteiger charge is -1.92. The van der Waals surface area contributed by atoms with Crippen LogP contribution in [-0.2, 0) is 0 Å². The number of nitro groups is 1. The van der Waals surface area contributed by atoms with Gasteiger partial charge in [0, 0.05) is 23.2 Å². The van der Waals surface area contributed by atoms with Gasteiger partial charge in [0.05, 0.1) is 4.92 Å². The molecule has 0 aliphatic heterocycles. The van der Waals surface area contributed by atoms with E-state index in [-0.39, 0.29) is 5.69 Å². The van der Waals surface area contributed by atoms with Crippen LogP contribution in [0.15, 0.2) is 24.4 Å². The number of carbonyl (C=O) groups is 1. The van der Waals surface area contributed by atoms with Gasteiger partial charge in [-0.15, -0.1) is 0 Å². The Morgan fingerprint density at radius 1 is 1.38 bits per heavy atom. The maximum absolute atomic E-state index is 10.6. The Balaban J connectivity index is 0.000000606. The first kappa shape index (κ1) is 11.9. The van der Waals surface area contributed by atoms with Crippen molar-refractivity contribution in [1.29, 1.82) is 0 Å². The predicted molar refractivity (Wildman–Crippen MR) is 61.7 cm³/mol. The monoisotopic (exact) mass is 220 g/mol. The molecule has 1 heterocycles. The first-order chi connectivity index (χ1) is 7.74. The highest BCUT2D eigenvalue weighted by molar-refractivity contribution is 6.00. The fraction of sp³-hybridized carbons (Fsp3) is 0.182. The normalized spacial score (nSPS) is 9.38. The largest absolute Gasteiger partial charge is 0.355 e. The lowest BCUT2D eigenvalue weighted by molar-refractivity contribution is -0.383. The number of nitrogens with one attached hydrogen (secondary N) is 1. The molecule has 0 spiro atoms. The molecule has 0 saturated heterocycles. The summed E-state index contributed by atoms with van der Waals surface area (Å²) in [6, 6.07) is 4.62.